The molecule has 0 aliphatic carbocycles. The zero-order valence-corrected chi connectivity index (χ0v) is 10.5. The minimum absolute atomic E-state index is 0.276. The lowest BCUT2D eigenvalue weighted by atomic mass is 10.2. The Bertz CT molecular complexity index is 320. The molecule has 0 aliphatic rings. The van der Waals surface area contributed by atoms with Crippen LogP contribution in [-0.2, 0) is 13.1 Å². The summed E-state index contributed by atoms with van der Waals surface area (Å²) in [6.45, 7) is 8.51. The van der Waals surface area contributed by atoms with E-state index >= 15 is 0 Å². The zero-order valence-electron chi connectivity index (χ0n) is 10.5. The van der Waals surface area contributed by atoms with E-state index < -0.39 is 0 Å². The van der Waals surface area contributed by atoms with E-state index in [2.05, 4.69) is 24.3 Å². The molecule has 16 heavy (non-hydrogen) atoms. The minimum atomic E-state index is -0.276. The maximum absolute atomic E-state index is 12.1. The Balaban J connectivity index is 2.65. The molecule has 0 aliphatic heterocycles. The maximum atomic E-state index is 12.1. The fourth-order valence-electron chi connectivity index (χ4n) is 1.81. The number of alkyl halides is 1. The molecule has 0 amide bonds. The minimum Gasteiger partial charge on any atom is -0.313 e. The van der Waals surface area contributed by atoms with Crippen molar-refractivity contribution in [3.63, 3.8) is 0 Å². The van der Waals surface area contributed by atoms with Gasteiger partial charge in [-0.2, -0.15) is 5.10 Å². The molecule has 1 heterocycles. The Morgan fingerprint density at radius 3 is 2.75 bits per heavy atom. The summed E-state index contributed by atoms with van der Waals surface area (Å²) in [5.74, 6) is 0. The number of aromatic nitrogens is 2. The van der Waals surface area contributed by atoms with Crippen molar-refractivity contribution in [1.82, 2.24) is 15.1 Å². The van der Waals surface area contributed by atoms with Crippen LogP contribution in [0.2, 0.25) is 0 Å². The highest BCUT2D eigenvalue weighted by Gasteiger charge is 2.10. The van der Waals surface area contributed by atoms with Crippen molar-refractivity contribution in [3.8, 4) is 0 Å². The normalized spacial score (nSPS) is 11.0. The third kappa shape index (κ3) is 3.30. The van der Waals surface area contributed by atoms with E-state index in [1.807, 2.05) is 11.6 Å². The van der Waals surface area contributed by atoms with Crippen LogP contribution in [0.1, 0.15) is 36.7 Å². The summed E-state index contributed by atoms with van der Waals surface area (Å²) < 4.78 is 14.0. The Morgan fingerprint density at radius 2 is 2.12 bits per heavy atom. The van der Waals surface area contributed by atoms with Crippen molar-refractivity contribution in [2.45, 2.75) is 46.7 Å². The van der Waals surface area contributed by atoms with Gasteiger partial charge in [0.1, 0.15) is 0 Å². The molecule has 0 aromatic carbocycles. The van der Waals surface area contributed by atoms with Gasteiger partial charge < -0.3 is 5.32 Å². The molecule has 0 bridgehead atoms. The van der Waals surface area contributed by atoms with E-state index in [0.717, 1.165) is 30.9 Å². The Labute approximate surface area is 97.0 Å². The van der Waals surface area contributed by atoms with Gasteiger partial charge in [0.15, 0.2) is 0 Å². The second-order valence-corrected chi connectivity index (χ2v) is 4.09. The summed E-state index contributed by atoms with van der Waals surface area (Å²) in [6.07, 6.45) is 1.68. The molecule has 1 aromatic heterocycles. The number of hydrogen-bond donors (Lipinski definition) is 1. The molecule has 1 N–H and O–H groups in total. The van der Waals surface area contributed by atoms with Gasteiger partial charge in [0.05, 0.1) is 12.4 Å². The summed E-state index contributed by atoms with van der Waals surface area (Å²) in [7, 11) is 0. The lowest BCUT2D eigenvalue weighted by Crippen LogP contribution is -2.15. The van der Waals surface area contributed by atoms with Crippen LogP contribution < -0.4 is 5.32 Å². The van der Waals surface area contributed by atoms with E-state index in [4.69, 9.17) is 0 Å². The highest BCUT2D eigenvalue weighted by molar-refractivity contribution is 5.24. The van der Waals surface area contributed by atoms with Gasteiger partial charge in [-0.25, -0.2) is 0 Å². The zero-order chi connectivity index (χ0) is 12.0. The summed E-state index contributed by atoms with van der Waals surface area (Å²) in [5, 5.41) is 7.81. The molecule has 0 fully saturated rings. The van der Waals surface area contributed by atoms with Gasteiger partial charge >= 0.3 is 0 Å². The fourth-order valence-corrected chi connectivity index (χ4v) is 1.81. The van der Waals surface area contributed by atoms with Crippen molar-refractivity contribution in [2.75, 3.05) is 13.2 Å². The van der Waals surface area contributed by atoms with E-state index in [-0.39, 0.29) is 6.67 Å². The maximum Gasteiger partial charge on any atom is 0.0912 e. The highest BCUT2D eigenvalue weighted by atomic mass is 19.1. The standard InChI is InChI=1S/C12H22FN3/c1-4-7-14-9-12-10(2)15-16(11(12)3)8-5-6-13/h14H,4-9H2,1-3H3. The fraction of sp³-hybridized carbons (Fsp3) is 0.750. The monoisotopic (exact) mass is 227 g/mol. The van der Waals surface area contributed by atoms with Crippen molar-refractivity contribution in [2.24, 2.45) is 0 Å². The average Bonchev–Trinajstić information content (AvgIpc) is 2.54. The van der Waals surface area contributed by atoms with Gasteiger partial charge in [-0.15, -0.1) is 0 Å². The SMILES string of the molecule is CCCNCc1c(C)nn(CCCF)c1C. The third-order valence-electron chi connectivity index (χ3n) is 2.76. The number of halogens is 1. The molecule has 1 aromatic rings. The Kier molecular flexibility index (Phi) is 5.46. The van der Waals surface area contributed by atoms with E-state index in [1.54, 1.807) is 0 Å². The lowest BCUT2D eigenvalue weighted by Gasteiger charge is -2.05. The Morgan fingerprint density at radius 1 is 1.38 bits per heavy atom. The first-order chi connectivity index (χ1) is 7.70. The third-order valence-corrected chi connectivity index (χ3v) is 2.76. The second-order valence-electron chi connectivity index (χ2n) is 4.09. The summed E-state index contributed by atoms with van der Waals surface area (Å²) in [4.78, 5) is 0. The molecule has 1 rings (SSSR count). The lowest BCUT2D eigenvalue weighted by molar-refractivity contribution is 0.431. The van der Waals surface area contributed by atoms with Crippen LogP contribution in [-0.4, -0.2) is 23.0 Å². The first kappa shape index (κ1) is 13.2. The molecule has 3 nitrogen and oxygen atoms in total. The van der Waals surface area contributed by atoms with Gasteiger partial charge in [0.2, 0.25) is 0 Å². The smallest absolute Gasteiger partial charge is 0.0912 e. The summed E-state index contributed by atoms with van der Waals surface area (Å²) in [6, 6.07) is 0. The van der Waals surface area contributed by atoms with Crippen molar-refractivity contribution < 1.29 is 4.39 Å². The molecule has 92 valence electrons. The average molecular weight is 227 g/mol. The molecule has 4 heteroatoms. The molecule has 0 unspecified atom stereocenters. The molecule has 0 atom stereocenters. The number of nitrogens with one attached hydrogen (secondary N) is 1. The van der Waals surface area contributed by atoms with E-state index in [1.165, 1.54) is 5.56 Å². The van der Waals surface area contributed by atoms with Crippen LogP contribution in [0, 0.1) is 13.8 Å². The number of hydrogen-bond acceptors (Lipinski definition) is 2. The Hall–Kier alpha value is -0.900. The second kappa shape index (κ2) is 6.63. The van der Waals surface area contributed by atoms with Crippen LogP contribution in [0.15, 0.2) is 0 Å². The first-order valence-electron chi connectivity index (χ1n) is 6.00. The summed E-state index contributed by atoms with van der Waals surface area (Å²) in [5.41, 5.74) is 3.47. The quantitative estimate of drug-likeness (QED) is 0.725. The van der Waals surface area contributed by atoms with Crippen LogP contribution in [0.25, 0.3) is 0 Å². The summed E-state index contributed by atoms with van der Waals surface area (Å²) >= 11 is 0. The van der Waals surface area contributed by atoms with Gasteiger partial charge in [0, 0.05) is 24.3 Å². The highest BCUT2D eigenvalue weighted by Crippen LogP contribution is 2.13. The largest absolute Gasteiger partial charge is 0.313 e. The van der Waals surface area contributed by atoms with Gasteiger partial charge in [0.25, 0.3) is 0 Å². The number of nitrogens with zero attached hydrogens (tertiary/aromatic N) is 2. The molecule has 0 radical (unpaired) electrons. The number of rotatable bonds is 7. The molecular formula is C12H22FN3. The number of aryl methyl sites for hydroxylation is 2. The van der Waals surface area contributed by atoms with Gasteiger partial charge in [-0.05, 0) is 33.2 Å². The molecule has 0 saturated heterocycles. The van der Waals surface area contributed by atoms with Gasteiger partial charge in [-0.1, -0.05) is 6.92 Å². The molecular weight excluding hydrogens is 205 g/mol. The van der Waals surface area contributed by atoms with Crippen LogP contribution in [0.3, 0.4) is 0 Å². The van der Waals surface area contributed by atoms with Crippen LogP contribution in [0.4, 0.5) is 4.39 Å². The predicted molar refractivity (Wildman–Crippen MR) is 64.3 cm³/mol. The van der Waals surface area contributed by atoms with Crippen molar-refractivity contribution in [1.29, 1.82) is 0 Å². The topological polar surface area (TPSA) is 29.9 Å². The van der Waals surface area contributed by atoms with Crippen LogP contribution >= 0.6 is 0 Å². The van der Waals surface area contributed by atoms with Crippen molar-refractivity contribution >= 4 is 0 Å². The van der Waals surface area contributed by atoms with Crippen LogP contribution in [0.5, 0.6) is 0 Å². The van der Waals surface area contributed by atoms with E-state index in [0.29, 0.717) is 13.0 Å². The molecule has 0 spiro atoms. The van der Waals surface area contributed by atoms with E-state index in [9.17, 15) is 4.39 Å². The first-order valence-corrected chi connectivity index (χ1v) is 6.00. The molecule has 0 saturated carbocycles. The van der Waals surface area contributed by atoms with Crippen molar-refractivity contribution in [3.05, 3.63) is 17.0 Å². The van der Waals surface area contributed by atoms with Gasteiger partial charge in [-0.3, -0.25) is 9.07 Å². The predicted octanol–water partition coefficient (Wildman–Crippen LogP) is 2.36.